The van der Waals surface area contributed by atoms with Crippen LogP contribution in [0.3, 0.4) is 0 Å². The summed E-state index contributed by atoms with van der Waals surface area (Å²) in [7, 11) is 1.75. The molecule has 0 fully saturated rings. The summed E-state index contributed by atoms with van der Waals surface area (Å²) in [5.41, 5.74) is 2.32. The van der Waals surface area contributed by atoms with E-state index in [2.05, 4.69) is 20.9 Å². The summed E-state index contributed by atoms with van der Waals surface area (Å²) >= 11 is 11.1. The van der Waals surface area contributed by atoms with Crippen LogP contribution in [0.4, 0.5) is 0 Å². The van der Waals surface area contributed by atoms with Crippen LogP contribution >= 0.6 is 38.9 Å². The molecule has 0 saturated carbocycles. The maximum absolute atomic E-state index is 12.3. The Labute approximate surface area is 129 Å². The van der Waals surface area contributed by atoms with Crippen LogP contribution < -0.4 is 0 Å². The molecule has 0 spiro atoms. The molecule has 1 amide bonds. The summed E-state index contributed by atoms with van der Waals surface area (Å²) in [6.07, 6.45) is 1.53. The Morgan fingerprint density at radius 2 is 2.26 bits per heavy atom. The minimum atomic E-state index is -0.125. The molecule has 0 N–H and O–H groups in total. The number of hydrogen-bond acceptors (Lipinski definition) is 3. The van der Waals surface area contributed by atoms with E-state index in [-0.39, 0.29) is 5.91 Å². The zero-order chi connectivity index (χ0) is 14.0. The van der Waals surface area contributed by atoms with E-state index in [9.17, 15) is 4.79 Å². The lowest BCUT2D eigenvalue weighted by Crippen LogP contribution is -2.26. The van der Waals surface area contributed by atoms with E-state index in [1.807, 2.05) is 18.4 Å². The van der Waals surface area contributed by atoms with Gasteiger partial charge in [-0.15, -0.1) is 11.3 Å². The van der Waals surface area contributed by atoms with Gasteiger partial charge in [0.25, 0.3) is 5.91 Å². The number of carbonyl (C=O) groups is 1. The van der Waals surface area contributed by atoms with E-state index in [0.717, 1.165) is 15.0 Å². The van der Waals surface area contributed by atoms with Gasteiger partial charge >= 0.3 is 0 Å². The molecule has 100 valence electrons. The van der Waals surface area contributed by atoms with Gasteiger partial charge in [-0.2, -0.15) is 0 Å². The average molecular weight is 360 g/mol. The third kappa shape index (κ3) is 3.55. The number of hydrogen-bond donors (Lipinski definition) is 0. The molecule has 0 aliphatic heterocycles. The Kier molecular flexibility index (Phi) is 4.60. The number of nitrogens with zero attached hydrogens (tertiary/aromatic N) is 2. The van der Waals surface area contributed by atoms with Gasteiger partial charge in [0.05, 0.1) is 14.4 Å². The summed E-state index contributed by atoms with van der Waals surface area (Å²) in [4.78, 5) is 18.0. The van der Waals surface area contributed by atoms with Crippen LogP contribution in [-0.2, 0) is 6.54 Å². The van der Waals surface area contributed by atoms with E-state index in [1.54, 1.807) is 29.4 Å². The highest BCUT2D eigenvalue weighted by Gasteiger charge is 2.16. The monoisotopic (exact) mass is 358 g/mol. The van der Waals surface area contributed by atoms with Crippen LogP contribution in [0.15, 0.2) is 27.5 Å². The number of halogens is 2. The zero-order valence-electron chi connectivity index (χ0n) is 10.5. The van der Waals surface area contributed by atoms with Gasteiger partial charge in [0.2, 0.25) is 0 Å². The first-order chi connectivity index (χ1) is 8.97. The Morgan fingerprint density at radius 3 is 2.84 bits per heavy atom. The van der Waals surface area contributed by atoms with Crippen molar-refractivity contribution in [3.8, 4) is 0 Å². The van der Waals surface area contributed by atoms with E-state index < -0.39 is 0 Å². The van der Waals surface area contributed by atoms with Crippen molar-refractivity contribution in [1.82, 2.24) is 9.88 Å². The second kappa shape index (κ2) is 6.03. The molecule has 2 aromatic heterocycles. The molecule has 2 aromatic rings. The highest BCUT2D eigenvalue weighted by atomic mass is 79.9. The van der Waals surface area contributed by atoms with Crippen molar-refractivity contribution in [1.29, 1.82) is 0 Å². The number of amides is 1. The molecule has 0 aliphatic carbocycles. The van der Waals surface area contributed by atoms with E-state index in [0.29, 0.717) is 17.1 Å². The molecule has 0 bridgehead atoms. The fourth-order valence-corrected chi connectivity index (χ4v) is 3.15. The number of rotatable bonds is 3. The third-order valence-electron chi connectivity index (χ3n) is 2.61. The highest BCUT2D eigenvalue weighted by molar-refractivity contribution is 9.11. The molecule has 2 rings (SSSR count). The second-order valence-corrected chi connectivity index (χ2v) is 6.92. The topological polar surface area (TPSA) is 33.2 Å². The fourth-order valence-electron chi connectivity index (χ4n) is 1.66. The van der Waals surface area contributed by atoms with Crippen molar-refractivity contribution in [2.45, 2.75) is 13.5 Å². The number of thiophene rings is 1. The van der Waals surface area contributed by atoms with Crippen molar-refractivity contribution in [2.75, 3.05) is 7.05 Å². The molecular formula is C13H12BrClN2OS. The lowest BCUT2D eigenvalue weighted by molar-refractivity contribution is 0.0785. The van der Waals surface area contributed by atoms with Crippen LogP contribution in [0.1, 0.15) is 21.6 Å². The Morgan fingerprint density at radius 1 is 1.53 bits per heavy atom. The lowest BCUT2D eigenvalue weighted by atomic mass is 10.2. The molecule has 0 saturated heterocycles. The molecule has 0 aromatic carbocycles. The zero-order valence-corrected chi connectivity index (χ0v) is 13.6. The van der Waals surface area contributed by atoms with Crippen LogP contribution in [-0.4, -0.2) is 22.8 Å². The van der Waals surface area contributed by atoms with Gasteiger partial charge in [-0.05, 0) is 45.9 Å². The van der Waals surface area contributed by atoms with Gasteiger partial charge in [-0.25, -0.2) is 0 Å². The smallest absolute Gasteiger partial charge is 0.256 e. The first-order valence-corrected chi connectivity index (χ1v) is 7.63. The molecule has 19 heavy (non-hydrogen) atoms. The van der Waals surface area contributed by atoms with Crippen molar-refractivity contribution in [2.24, 2.45) is 0 Å². The quantitative estimate of drug-likeness (QED) is 0.825. The predicted molar refractivity (Wildman–Crippen MR) is 81.8 cm³/mol. The Hall–Kier alpha value is -0.910. The van der Waals surface area contributed by atoms with Crippen LogP contribution in [0.5, 0.6) is 0 Å². The summed E-state index contributed by atoms with van der Waals surface area (Å²) < 4.78 is 1.05. The summed E-state index contributed by atoms with van der Waals surface area (Å²) in [6, 6.07) is 3.70. The van der Waals surface area contributed by atoms with E-state index in [4.69, 9.17) is 11.6 Å². The maximum atomic E-state index is 12.3. The minimum absolute atomic E-state index is 0.125. The fraction of sp³-hybridized carbons (Fsp3) is 0.231. The first-order valence-electron chi connectivity index (χ1n) is 5.58. The van der Waals surface area contributed by atoms with E-state index >= 15 is 0 Å². The Bertz CT molecular complexity index is 614. The molecule has 0 radical (unpaired) electrons. The molecule has 3 nitrogen and oxygen atoms in total. The first kappa shape index (κ1) is 14.5. The highest BCUT2D eigenvalue weighted by Crippen LogP contribution is 2.23. The summed E-state index contributed by atoms with van der Waals surface area (Å²) in [6.45, 7) is 2.39. The SMILES string of the molecule is Cc1cc(Cl)c(C(=O)N(C)Cc2csc(Br)c2)cn1. The van der Waals surface area contributed by atoms with Gasteiger partial charge in [0.15, 0.2) is 0 Å². The molecule has 2 heterocycles. The molecule has 6 heteroatoms. The van der Waals surface area contributed by atoms with Crippen molar-refractivity contribution in [3.63, 3.8) is 0 Å². The molecule has 0 aliphatic rings. The van der Waals surface area contributed by atoms with Crippen molar-refractivity contribution >= 4 is 44.8 Å². The largest absolute Gasteiger partial charge is 0.337 e. The van der Waals surface area contributed by atoms with Crippen LogP contribution in [0, 0.1) is 6.92 Å². The van der Waals surface area contributed by atoms with Crippen molar-refractivity contribution < 1.29 is 4.79 Å². The van der Waals surface area contributed by atoms with Gasteiger partial charge in [0.1, 0.15) is 0 Å². The van der Waals surface area contributed by atoms with Crippen LogP contribution in [0.2, 0.25) is 5.02 Å². The van der Waals surface area contributed by atoms with Gasteiger partial charge in [0, 0.05) is 25.5 Å². The third-order valence-corrected chi connectivity index (χ3v) is 4.47. The number of aromatic nitrogens is 1. The standard InChI is InChI=1S/C13H12BrClN2OS/c1-8-3-11(15)10(5-16-8)13(18)17(2)6-9-4-12(14)19-7-9/h3-5,7H,6H2,1-2H3. The van der Waals surface area contributed by atoms with Gasteiger partial charge < -0.3 is 4.90 Å². The van der Waals surface area contributed by atoms with Crippen molar-refractivity contribution in [3.05, 3.63) is 49.3 Å². The number of aryl methyl sites for hydroxylation is 1. The molecule has 0 unspecified atom stereocenters. The van der Waals surface area contributed by atoms with Crippen LogP contribution in [0.25, 0.3) is 0 Å². The Balaban J connectivity index is 2.14. The maximum Gasteiger partial charge on any atom is 0.256 e. The number of carbonyl (C=O) groups excluding carboxylic acids is 1. The second-order valence-electron chi connectivity index (χ2n) is 4.23. The number of pyridine rings is 1. The lowest BCUT2D eigenvalue weighted by Gasteiger charge is -2.17. The van der Waals surface area contributed by atoms with Gasteiger partial charge in [-0.3, -0.25) is 9.78 Å². The summed E-state index contributed by atoms with van der Waals surface area (Å²) in [5, 5.41) is 2.46. The molecule has 0 atom stereocenters. The van der Waals surface area contributed by atoms with E-state index in [1.165, 1.54) is 6.20 Å². The normalized spacial score (nSPS) is 10.5. The average Bonchev–Trinajstić information content (AvgIpc) is 2.74. The predicted octanol–water partition coefficient (Wildman–Crippen LogP) is 4.14. The minimum Gasteiger partial charge on any atom is -0.337 e. The molecular weight excluding hydrogens is 348 g/mol. The summed E-state index contributed by atoms with van der Waals surface area (Å²) in [5.74, 6) is -0.125. The van der Waals surface area contributed by atoms with Gasteiger partial charge in [-0.1, -0.05) is 11.6 Å².